The summed E-state index contributed by atoms with van der Waals surface area (Å²) in [5.41, 5.74) is 5.38. The number of benzene rings is 1. The highest BCUT2D eigenvalue weighted by molar-refractivity contribution is 9.10. The normalized spacial score (nSPS) is 9.84. The Kier molecular flexibility index (Phi) is 5.91. The maximum atomic E-state index is 11.3. The summed E-state index contributed by atoms with van der Waals surface area (Å²) in [5, 5.41) is 5.25. The maximum absolute atomic E-state index is 11.3. The van der Waals surface area contributed by atoms with Crippen LogP contribution in [0.25, 0.3) is 0 Å². The van der Waals surface area contributed by atoms with E-state index >= 15 is 0 Å². The van der Waals surface area contributed by atoms with E-state index in [0.717, 1.165) is 0 Å². The molecule has 0 saturated heterocycles. The van der Waals surface area contributed by atoms with Gasteiger partial charge in [0.15, 0.2) is 5.75 Å². The van der Waals surface area contributed by atoms with Crippen molar-refractivity contribution in [2.24, 2.45) is 5.73 Å². The summed E-state index contributed by atoms with van der Waals surface area (Å²) in [6.07, 6.45) is 0. The fourth-order valence-corrected chi connectivity index (χ4v) is 2.26. The largest absolute Gasteiger partial charge is 0.491 e. The molecule has 1 rings (SSSR count). The maximum Gasteiger partial charge on any atom is 0.318 e. The number of imide groups is 1. The minimum Gasteiger partial charge on any atom is -0.491 e. The lowest BCUT2D eigenvalue weighted by atomic mass is 10.3. The van der Waals surface area contributed by atoms with Crippen LogP contribution < -0.4 is 21.1 Å². The number of carbonyl (C=O) groups excluding carboxylic acids is 2. The summed E-state index contributed by atoms with van der Waals surface area (Å²) >= 11 is 9.24. The van der Waals surface area contributed by atoms with Gasteiger partial charge in [0, 0.05) is 5.02 Å². The summed E-state index contributed by atoms with van der Waals surface area (Å²) < 4.78 is 6.11. The van der Waals surface area contributed by atoms with Gasteiger partial charge < -0.3 is 15.8 Å². The van der Waals surface area contributed by atoms with Crippen LogP contribution in [0.3, 0.4) is 0 Å². The lowest BCUT2D eigenvalue weighted by Crippen LogP contribution is -2.38. The first kappa shape index (κ1) is 15.6. The number of halogens is 2. The SMILES string of the molecule is CCOc1c(Br)cc(Cl)cc1NCC(=O)NC(N)=O. The third-order valence-corrected chi connectivity index (χ3v) is 2.81. The highest BCUT2D eigenvalue weighted by Crippen LogP contribution is 2.36. The van der Waals surface area contributed by atoms with Crippen LogP contribution in [0.2, 0.25) is 5.02 Å². The highest BCUT2D eigenvalue weighted by Gasteiger charge is 2.11. The molecule has 0 unspecified atom stereocenters. The van der Waals surface area contributed by atoms with Crippen molar-refractivity contribution in [3.63, 3.8) is 0 Å². The van der Waals surface area contributed by atoms with E-state index in [9.17, 15) is 9.59 Å². The Balaban J connectivity index is 2.81. The number of urea groups is 1. The fourth-order valence-electron chi connectivity index (χ4n) is 1.34. The van der Waals surface area contributed by atoms with Gasteiger partial charge >= 0.3 is 6.03 Å². The van der Waals surface area contributed by atoms with E-state index in [1.165, 1.54) is 0 Å². The Labute approximate surface area is 123 Å². The zero-order chi connectivity index (χ0) is 14.4. The number of amides is 3. The molecule has 0 aromatic heterocycles. The molecule has 6 nitrogen and oxygen atoms in total. The van der Waals surface area contributed by atoms with Crippen LogP contribution in [-0.4, -0.2) is 25.1 Å². The van der Waals surface area contributed by atoms with Gasteiger partial charge in [0.1, 0.15) is 0 Å². The molecule has 0 aliphatic rings. The topological polar surface area (TPSA) is 93.4 Å². The molecule has 3 amide bonds. The van der Waals surface area contributed by atoms with Crippen LogP contribution >= 0.6 is 27.5 Å². The number of primary amides is 1. The van der Waals surface area contributed by atoms with E-state index in [1.54, 1.807) is 12.1 Å². The average Bonchev–Trinajstić information content (AvgIpc) is 2.29. The molecule has 0 fully saturated rings. The van der Waals surface area contributed by atoms with E-state index in [4.69, 9.17) is 22.1 Å². The van der Waals surface area contributed by atoms with Gasteiger partial charge in [0.25, 0.3) is 0 Å². The molecule has 4 N–H and O–H groups in total. The smallest absolute Gasteiger partial charge is 0.318 e. The molecular weight excluding hydrogens is 337 g/mol. The molecule has 1 aromatic carbocycles. The van der Waals surface area contributed by atoms with Crippen molar-refractivity contribution in [1.82, 2.24) is 5.32 Å². The predicted octanol–water partition coefficient (Wildman–Crippen LogP) is 2.11. The summed E-state index contributed by atoms with van der Waals surface area (Å²) in [5.74, 6) is -0.00942. The third kappa shape index (κ3) is 4.96. The van der Waals surface area contributed by atoms with Crippen molar-refractivity contribution in [1.29, 1.82) is 0 Å². The minimum absolute atomic E-state index is 0.129. The van der Waals surface area contributed by atoms with Crippen molar-refractivity contribution < 1.29 is 14.3 Å². The van der Waals surface area contributed by atoms with Gasteiger partial charge in [-0.1, -0.05) is 11.6 Å². The predicted molar refractivity (Wildman–Crippen MR) is 76.5 cm³/mol. The second-order valence-corrected chi connectivity index (χ2v) is 4.75. The Morgan fingerprint density at radius 2 is 2.16 bits per heavy atom. The van der Waals surface area contributed by atoms with Gasteiger partial charge in [0.2, 0.25) is 5.91 Å². The summed E-state index contributed by atoms with van der Waals surface area (Å²) in [7, 11) is 0. The Morgan fingerprint density at radius 3 is 2.74 bits per heavy atom. The molecular formula is C11H13BrClN3O3. The van der Waals surface area contributed by atoms with E-state index < -0.39 is 11.9 Å². The molecule has 0 radical (unpaired) electrons. The quantitative estimate of drug-likeness (QED) is 0.758. The lowest BCUT2D eigenvalue weighted by Gasteiger charge is -2.14. The number of nitrogens with one attached hydrogen (secondary N) is 2. The Bertz CT molecular complexity index is 496. The molecule has 0 saturated carbocycles. The number of anilines is 1. The number of rotatable bonds is 5. The van der Waals surface area contributed by atoms with Crippen molar-refractivity contribution in [2.45, 2.75) is 6.92 Å². The number of nitrogens with two attached hydrogens (primary N) is 1. The molecule has 104 valence electrons. The van der Waals surface area contributed by atoms with Crippen molar-refractivity contribution >= 4 is 45.2 Å². The second-order valence-electron chi connectivity index (χ2n) is 3.46. The molecule has 19 heavy (non-hydrogen) atoms. The van der Waals surface area contributed by atoms with Gasteiger partial charge in [-0.25, -0.2) is 4.79 Å². The summed E-state index contributed by atoms with van der Waals surface area (Å²) in [6.45, 7) is 2.17. The molecule has 0 aliphatic heterocycles. The number of carbonyl (C=O) groups is 2. The average molecular weight is 351 g/mol. The zero-order valence-corrected chi connectivity index (χ0v) is 12.5. The molecule has 0 heterocycles. The second kappa shape index (κ2) is 7.20. The van der Waals surface area contributed by atoms with Crippen LogP contribution in [0.1, 0.15) is 6.92 Å². The van der Waals surface area contributed by atoms with Crippen LogP contribution in [0.5, 0.6) is 5.75 Å². The first-order valence-corrected chi connectivity index (χ1v) is 6.56. The standard InChI is InChI=1S/C11H13BrClN3O3/c1-2-19-10-7(12)3-6(13)4-8(10)15-5-9(17)16-11(14)18/h3-4,15H,2,5H2,1H3,(H3,14,16,17,18). The van der Waals surface area contributed by atoms with Gasteiger partial charge in [-0.2, -0.15) is 0 Å². The molecule has 0 spiro atoms. The van der Waals surface area contributed by atoms with Crippen LogP contribution in [0.15, 0.2) is 16.6 Å². The van der Waals surface area contributed by atoms with Crippen molar-refractivity contribution in [2.75, 3.05) is 18.5 Å². The molecule has 0 atom stereocenters. The molecule has 8 heteroatoms. The Morgan fingerprint density at radius 1 is 1.47 bits per heavy atom. The van der Waals surface area contributed by atoms with Crippen LogP contribution in [0, 0.1) is 0 Å². The zero-order valence-electron chi connectivity index (χ0n) is 10.1. The highest BCUT2D eigenvalue weighted by atomic mass is 79.9. The first-order chi connectivity index (χ1) is 8.93. The van der Waals surface area contributed by atoms with Gasteiger partial charge in [-0.15, -0.1) is 0 Å². The van der Waals surface area contributed by atoms with Gasteiger partial charge in [-0.05, 0) is 35.0 Å². The Hall–Kier alpha value is -1.47. The number of ether oxygens (including phenoxy) is 1. The summed E-state index contributed by atoms with van der Waals surface area (Å²) in [4.78, 5) is 21.8. The van der Waals surface area contributed by atoms with E-state index in [2.05, 4.69) is 21.2 Å². The van der Waals surface area contributed by atoms with E-state index in [1.807, 2.05) is 12.2 Å². The van der Waals surface area contributed by atoms with E-state index in [0.29, 0.717) is 27.5 Å². The fraction of sp³-hybridized carbons (Fsp3) is 0.273. The van der Waals surface area contributed by atoms with Crippen LogP contribution in [-0.2, 0) is 4.79 Å². The third-order valence-electron chi connectivity index (χ3n) is 2.00. The van der Waals surface area contributed by atoms with Gasteiger partial charge in [-0.3, -0.25) is 10.1 Å². The van der Waals surface area contributed by atoms with Crippen molar-refractivity contribution in [3.05, 3.63) is 21.6 Å². The lowest BCUT2D eigenvalue weighted by molar-refractivity contribution is -0.118. The summed E-state index contributed by atoms with van der Waals surface area (Å²) in [6, 6.07) is 2.40. The molecule has 0 bridgehead atoms. The number of hydrogen-bond acceptors (Lipinski definition) is 4. The first-order valence-electron chi connectivity index (χ1n) is 5.39. The minimum atomic E-state index is -0.899. The number of hydrogen-bond donors (Lipinski definition) is 3. The van der Waals surface area contributed by atoms with E-state index in [-0.39, 0.29) is 6.54 Å². The van der Waals surface area contributed by atoms with Gasteiger partial charge in [0.05, 0.1) is 23.3 Å². The molecule has 1 aromatic rings. The monoisotopic (exact) mass is 349 g/mol. The van der Waals surface area contributed by atoms with Crippen LogP contribution in [0.4, 0.5) is 10.5 Å². The molecule has 0 aliphatic carbocycles. The van der Waals surface area contributed by atoms with Crippen molar-refractivity contribution in [3.8, 4) is 5.75 Å².